The molecule has 0 N–H and O–H groups in total. The van der Waals surface area contributed by atoms with Crippen LogP contribution in [0.15, 0.2) is 36.6 Å². The molecule has 0 aliphatic carbocycles. The smallest absolute Gasteiger partial charge is 0.335 e. The van der Waals surface area contributed by atoms with Gasteiger partial charge in [-0.15, -0.1) is 6.58 Å². The maximum Gasteiger partial charge on any atom is 0.335 e. The standard InChI is InChI=1S/C12H15NO3/c1-3-6-13-7-5-11(14)8-10(9-13)12(15)16-4-2/h3,5,7-8H,1,4,6,9H2,2H3. The van der Waals surface area contributed by atoms with E-state index in [1.807, 2.05) is 4.90 Å². The van der Waals surface area contributed by atoms with E-state index in [9.17, 15) is 9.59 Å². The van der Waals surface area contributed by atoms with E-state index in [2.05, 4.69) is 6.58 Å². The van der Waals surface area contributed by atoms with E-state index in [1.165, 1.54) is 12.2 Å². The molecule has 4 heteroatoms. The fourth-order valence-corrected chi connectivity index (χ4v) is 1.35. The number of ketones is 1. The molecular weight excluding hydrogens is 206 g/mol. The van der Waals surface area contributed by atoms with Gasteiger partial charge < -0.3 is 9.64 Å². The quantitative estimate of drug-likeness (QED) is 0.526. The second-order valence-corrected chi connectivity index (χ2v) is 3.33. The van der Waals surface area contributed by atoms with Crippen molar-refractivity contribution in [3.63, 3.8) is 0 Å². The maximum absolute atomic E-state index is 11.5. The number of esters is 1. The Morgan fingerprint density at radius 1 is 1.69 bits per heavy atom. The van der Waals surface area contributed by atoms with Gasteiger partial charge in [-0.05, 0) is 13.0 Å². The highest BCUT2D eigenvalue weighted by atomic mass is 16.5. The number of ether oxygens (including phenoxy) is 1. The molecule has 0 aromatic carbocycles. The Hall–Kier alpha value is -1.84. The van der Waals surface area contributed by atoms with Crippen molar-refractivity contribution in [3.8, 4) is 0 Å². The lowest BCUT2D eigenvalue weighted by molar-refractivity contribution is -0.138. The molecule has 0 aromatic heterocycles. The fourth-order valence-electron chi connectivity index (χ4n) is 1.35. The van der Waals surface area contributed by atoms with Crippen molar-refractivity contribution in [3.05, 3.63) is 36.6 Å². The number of rotatable bonds is 4. The van der Waals surface area contributed by atoms with Gasteiger partial charge in [0.15, 0.2) is 5.78 Å². The predicted octanol–water partition coefficient (Wildman–Crippen LogP) is 1.06. The minimum atomic E-state index is -0.436. The zero-order chi connectivity index (χ0) is 12.0. The first kappa shape index (κ1) is 12.2. The third kappa shape index (κ3) is 3.38. The van der Waals surface area contributed by atoms with Crippen LogP contribution in [0.3, 0.4) is 0 Å². The van der Waals surface area contributed by atoms with Gasteiger partial charge in [-0.25, -0.2) is 4.79 Å². The third-order valence-corrected chi connectivity index (χ3v) is 2.04. The van der Waals surface area contributed by atoms with Crippen molar-refractivity contribution in [1.29, 1.82) is 0 Å². The molecule has 0 aromatic rings. The van der Waals surface area contributed by atoms with Gasteiger partial charge in [-0.1, -0.05) is 6.08 Å². The molecule has 0 atom stereocenters. The van der Waals surface area contributed by atoms with Gasteiger partial charge in [-0.3, -0.25) is 4.79 Å². The van der Waals surface area contributed by atoms with Gasteiger partial charge in [0.1, 0.15) is 0 Å². The molecule has 0 amide bonds. The van der Waals surface area contributed by atoms with E-state index in [1.54, 1.807) is 19.2 Å². The average Bonchev–Trinajstić information content (AvgIpc) is 2.42. The van der Waals surface area contributed by atoms with Crippen LogP contribution in [-0.4, -0.2) is 36.3 Å². The Morgan fingerprint density at radius 2 is 2.44 bits per heavy atom. The normalized spacial score (nSPS) is 15.4. The monoisotopic (exact) mass is 221 g/mol. The van der Waals surface area contributed by atoms with Gasteiger partial charge in [0.25, 0.3) is 0 Å². The molecule has 0 spiro atoms. The lowest BCUT2D eigenvalue weighted by Gasteiger charge is -2.17. The molecule has 1 aliphatic heterocycles. The summed E-state index contributed by atoms with van der Waals surface area (Å²) in [5, 5.41) is 0. The first-order valence-electron chi connectivity index (χ1n) is 5.12. The minimum Gasteiger partial charge on any atom is -0.463 e. The number of allylic oxidation sites excluding steroid dienone is 2. The SMILES string of the molecule is C=CCN1C=CC(=O)C=C(C(=O)OCC)C1. The van der Waals surface area contributed by atoms with Crippen LogP contribution in [0.25, 0.3) is 0 Å². The number of carbonyl (C=O) groups is 2. The van der Waals surface area contributed by atoms with Crippen LogP contribution in [0, 0.1) is 0 Å². The highest BCUT2D eigenvalue weighted by Crippen LogP contribution is 2.08. The second-order valence-electron chi connectivity index (χ2n) is 3.33. The zero-order valence-electron chi connectivity index (χ0n) is 9.31. The molecule has 0 unspecified atom stereocenters. The average molecular weight is 221 g/mol. The number of hydrogen-bond acceptors (Lipinski definition) is 4. The topological polar surface area (TPSA) is 46.6 Å². The van der Waals surface area contributed by atoms with Gasteiger partial charge >= 0.3 is 5.97 Å². The fraction of sp³-hybridized carbons (Fsp3) is 0.333. The maximum atomic E-state index is 11.5. The van der Waals surface area contributed by atoms with Crippen LogP contribution in [0.4, 0.5) is 0 Å². The van der Waals surface area contributed by atoms with Crippen LogP contribution < -0.4 is 0 Å². The number of nitrogens with zero attached hydrogens (tertiary/aromatic N) is 1. The lowest BCUT2D eigenvalue weighted by Crippen LogP contribution is -2.23. The molecule has 0 radical (unpaired) electrons. The van der Waals surface area contributed by atoms with E-state index in [4.69, 9.17) is 4.74 Å². The van der Waals surface area contributed by atoms with Crippen LogP contribution in [0.5, 0.6) is 0 Å². The van der Waals surface area contributed by atoms with E-state index in [0.717, 1.165) is 0 Å². The largest absolute Gasteiger partial charge is 0.463 e. The molecule has 1 heterocycles. The Bertz CT molecular complexity index is 355. The molecule has 1 aliphatic rings. The lowest BCUT2D eigenvalue weighted by atomic mass is 10.2. The summed E-state index contributed by atoms with van der Waals surface area (Å²) < 4.78 is 4.87. The van der Waals surface area contributed by atoms with Crippen molar-refractivity contribution in [2.24, 2.45) is 0 Å². The van der Waals surface area contributed by atoms with Gasteiger partial charge in [-0.2, -0.15) is 0 Å². The van der Waals surface area contributed by atoms with E-state index in [-0.39, 0.29) is 5.78 Å². The number of carbonyl (C=O) groups excluding carboxylic acids is 2. The minimum absolute atomic E-state index is 0.199. The molecular formula is C12H15NO3. The van der Waals surface area contributed by atoms with E-state index < -0.39 is 5.97 Å². The van der Waals surface area contributed by atoms with Gasteiger partial charge in [0.05, 0.1) is 18.7 Å². The third-order valence-electron chi connectivity index (χ3n) is 2.04. The van der Waals surface area contributed by atoms with Crippen LogP contribution in [0.2, 0.25) is 0 Å². The molecule has 0 saturated carbocycles. The molecule has 86 valence electrons. The summed E-state index contributed by atoms with van der Waals surface area (Å²) >= 11 is 0. The zero-order valence-corrected chi connectivity index (χ0v) is 9.31. The van der Waals surface area contributed by atoms with Crippen LogP contribution in [-0.2, 0) is 14.3 Å². The summed E-state index contributed by atoms with van der Waals surface area (Å²) in [4.78, 5) is 24.7. The number of hydrogen-bond donors (Lipinski definition) is 0. The molecule has 16 heavy (non-hydrogen) atoms. The van der Waals surface area contributed by atoms with E-state index in [0.29, 0.717) is 25.3 Å². The molecule has 0 bridgehead atoms. The van der Waals surface area contributed by atoms with E-state index >= 15 is 0 Å². The van der Waals surface area contributed by atoms with Crippen LogP contribution in [0.1, 0.15) is 6.92 Å². The van der Waals surface area contributed by atoms with Gasteiger partial charge in [0.2, 0.25) is 0 Å². The van der Waals surface area contributed by atoms with Crippen molar-refractivity contribution in [1.82, 2.24) is 4.90 Å². The molecule has 4 nitrogen and oxygen atoms in total. The molecule has 0 fully saturated rings. The Balaban J connectivity index is 2.80. The predicted molar refractivity (Wildman–Crippen MR) is 60.6 cm³/mol. The first-order chi connectivity index (χ1) is 7.67. The van der Waals surface area contributed by atoms with Crippen molar-refractivity contribution >= 4 is 11.8 Å². The first-order valence-corrected chi connectivity index (χ1v) is 5.12. The summed E-state index contributed by atoms with van der Waals surface area (Å²) in [5.74, 6) is -0.636. The highest BCUT2D eigenvalue weighted by molar-refractivity contribution is 6.05. The summed E-state index contributed by atoms with van der Waals surface area (Å²) in [6.45, 7) is 6.60. The van der Waals surface area contributed by atoms with Crippen molar-refractivity contribution in [2.75, 3.05) is 19.7 Å². The highest BCUT2D eigenvalue weighted by Gasteiger charge is 2.16. The Morgan fingerprint density at radius 3 is 3.06 bits per heavy atom. The van der Waals surface area contributed by atoms with Crippen molar-refractivity contribution < 1.29 is 14.3 Å². The molecule has 1 rings (SSSR count). The summed E-state index contributed by atoms with van der Waals surface area (Å²) in [7, 11) is 0. The van der Waals surface area contributed by atoms with Gasteiger partial charge in [0, 0.05) is 18.8 Å². The second kappa shape index (κ2) is 5.90. The van der Waals surface area contributed by atoms with Crippen LogP contribution >= 0.6 is 0 Å². The summed E-state index contributed by atoms with van der Waals surface area (Å²) in [5.41, 5.74) is 0.374. The summed E-state index contributed by atoms with van der Waals surface area (Å²) in [6.07, 6.45) is 6.11. The molecule has 0 saturated heterocycles. The Labute approximate surface area is 94.9 Å². The van der Waals surface area contributed by atoms with Crippen molar-refractivity contribution in [2.45, 2.75) is 6.92 Å². The summed E-state index contributed by atoms with van der Waals surface area (Å²) in [6, 6.07) is 0. The Kier molecular flexibility index (Phi) is 4.51.